The minimum Gasteiger partial charge on any atom is -0.505 e. The van der Waals surface area contributed by atoms with Gasteiger partial charge in [0.2, 0.25) is 0 Å². The molecule has 0 aliphatic carbocycles. The molecule has 8 heteroatoms. The summed E-state index contributed by atoms with van der Waals surface area (Å²) in [5, 5.41) is 45.9. The number of aromatic nitrogens is 6. The van der Waals surface area contributed by atoms with Crippen molar-refractivity contribution < 1.29 is 10.2 Å². The van der Waals surface area contributed by atoms with E-state index in [1.165, 1.54) is 11.1 Å². The molecule has 0 bridgehead atoms. The summed E-state index contributed by atoms with van der Waals surface area (Å²) in [6, 6.07) is 28.0. The standard InChI is InChI=1S/C42H36N6O2/c1-23-15-25(3)37(26(4)16-23)33-21-47(45-43-33)35-19-29-11-7-9-13-31(29)39(41(35)49)40-32-14-10-8-12-30(32)20-36(42(40)50)48-22-34(44-46-48)38-27(5)17-24(2)18-28(38)6/h7-22,49-50H,1-6H3. The van der Waals surface area contributed by atoms with Gasteiger partial charge in [-0.15, -0.1) is 10.2 Å². The minimum atomic E-state index is -0.0275. The fourth-order valence-electron chi connectivity index (χ4n) is 7.66. The molecule has 8 rings (SSSR count). The zero-order valence-corrected chi connectivity index (χ0v) is 28.8. The van der Waals surface area contributed by atoms with Crippen LogP contribution in [0.25, 0.3) is 66.6 Å². The van der Waals surface area contributed by atoms with Crippen LogP contribution in [0.3, 0.4) is 0 Å². The Hall–Kier alpha value is -6.28. The van der Waals surface area contributed by atoms with E-state index in [2.05, 4.69) is 86.4 Å². The number of aryl methyl sites for hydroxylation is 6. The van der Waals surface area contributed by atoms with Crippen LogP contribution in [-0.2, 0) is 0 Å². The molecule has 0 unspecified atom stereocenters. The molecule has 2 heterocycles. The average molecular weight is 657 g/mol. The van der Waals surface area contributed by atoms with Crippen molar-refractivity contribution in [3.63, 3.8) is 0 Å². The predicted molar refractivity (Wildman–Crippen MR) is 199 cm³/mol. The molecule has 0 aliphatic heterocycles. The average Bonchev–Trinajstić information content (AvgIpc) is 3.75. The second-order valence-electron chi connectivity index (χ2n) is 13.3. The van der Waals surface area contributed by atoms with Crippen LogP contribution in [0.1, 0.15) is 33.4 Å². The molecule has 0 spiro atoms. The van der Waals surface area contributed by atoms with Crippen molar-refractivity contribution in [1.29, 1.82) is 0 Å². The van der Waals surface area contributed by atoms with Gasteiger partial charge in [0.1, 0.15) is 34.3 Å². The Morgan fingerprint density at radius 3 is 1.20 bits per heavy atom. The van der Waals surface area contributed by atoms with E-state index in [-0.39, 0.29) is 11.5 Å². The maximum absolute atomic E-state index is 12.3. The van der Waals surface area contributed by atoms with Crippen LogP contribution in [0, 0.1) is 41.5 Å². The molecule has 246 valence electrons. The third kappa shape index (κ3) is 4.99. The SMILES string of the molecule is Cc1cc(C)c(-c2cn(-c3cc4ccccc4c(-c4c(O)c(-n5cc(-c6c(C)cc(C)cc6C)nn5)cc5ccccc45)c3O)nn2)c(C)c1. The van der Waals surface area contributed by atoms with Gasteiger partial charge in [-0.05, 0) is 97.5 Å². The lowest BCUT2D eigenvalue weighted by molar-refractivity contribution is 0.465. The Labute approximate surface area is 289 Å². The van der Waals surface area contributed by atoms with Gasteiger partial charge in [-0.2, -0.15) is 0 Å². The number of phenolic OH excluding ortho intramolecular Hbond substituents is 2. The second kappa shape index (κ2) is 11.7. The van der Waals surface area contributed by atoms with Gasteiger partial charge < -0.3 is 10.2 Å². The van der Waals surface area contributed by atoms with E-state index in [9.17, 15) is 10.2 Å². The van der Waals surface area contributed by atoms with Gasteiger partial charge in [-0.25, -0.2) is 9.36 Å². The molecular formula is C42H36N6O2. The van der Waals surface area contributed by atoms with Gasteiger partial charge in [-0.3, -0.25) is 0 Å². The Kier molecular flexibility index (Phi) is 7.26. The molecule has 2 aromatic heterocycles. The first-order valence-electron chi connectivity index (χ1n) is 16.6. The number of aromatic hydroxyl groups is 2. The lowest BCUT2D eigenvalue weighted by Gasteiger charge is -2.18. The van der Waals surface area contributed by atoms with Gasteiger partial charge in [0.15, 0.2) is 0 Å². The molecule has 0 aliphatic rings. The zero-order chi connectivity index (χ0) is 34.8. The summed E-state index contributed by atoms with van der Waals surface area (Å²) in [7, 11) is 0. The highest BCUT2D eigenvalue weighted by atomic mass is 16.3. The molecule has 8 nitrogen and oxygen atoms in total. The number of fused-ring (bicyclic) bond motifs is 2. The molecule has 0 radical (unpaired) electrons. The van der Waals surface area contributed by atoms with Gasteiger partial charge in [-0.1, -0.05) is 94.4 Å². The van der Waals surface area contributed by atoms with Crippen molar-refractivity contribution in [1.82, 2.24) is 30.0 Å². The van der Waals surface area contributed by atoms with E-state index in [0.717, 1.165) is 54.9 Å². The summed E-state index contributed by atoms with van der Waals surface area (Å²) in [4.78, 5) is 0. The monoisotopic (exact) mass is 656 g/mol. The summed E-state index contributed by atoms with van der Waals surface area (Å²) < 4.78 is 3.22. The minimum absolute atomic E-state index is 0.0275. The van der Waals surface area contributed by atoms with Crippen LogP contribution >= 0.6 is 0 Å². The highest BCUT2D eigenvalue weighted by Gasteiger charge is 2.25. The molecule has 0 fully saturated rings. The molecule has 0 saturated carbocycles. The van der Waals surface area contributed by atoms with E-state index in [0.29, 0.717) is 33.9 Å². The molecule has 6 aromatic carbocycles. The van der Waals surface area contributed by atoms with Gasteiger partial charge >= 0.3 is 0 Å². The summed E-state index contributed by atoms with van der Waals surface area (Å²) in [6.45, 7) is 12.4. The molecule has 0 saturated heterocycles. The molecule has 8 aromatic rings. The number of hydrogen-bond donors (Lipinski definition) is 2. The van der Waals surface area contributed by atoms with E-state index in [4.69, 9.17) is 0 Å². The van der Waals surface area contributed by atoms with Crippen LogP contribution in [0.4, 0.5) is 0 Å². The lowest BCUT2D eigenvalue weighted by atomic mass is 9.91. The van der Waals surface area contributed by atoms with Gasteiger partial charge in [0, 0.05) is 22.3 Å². The number of nitrogens with zero attached hydrogens (tertiary/aromatic N) is 6. The van der Waals surface area contributed by atoms with E-state index in [1.54, 1.807) is 9.36 Å². The topological polar surface area (TPSA) is 102 Å². The number of phenols is 2. The molecule has 0 atom stereocenters. The van der Waals surface area contributed by atoms with Crippen LogP contribution in [0.2, 0.25) is 0 Å². The van der Waals surface area contributed by atoms with E-state index < -0.39 is 0 Å². The summed E-state index contributed by atoms with van der Waals surface area (Å²) in [6.07, 6.45) is 3.69. The van der Waals surface area contributed by atoms with Crippen LogP contribution < -0.4 is 0 Å². The van der Waals surface area contributed by atoms with Crippen LogP contribution in [0.15, 0.2) is 97.3 Å². The normalized spacial score (nSPS) is 11.6. The molecule has 50 heavy (non-hydrogen) atoms. The second-order valence-corrected chi connectivity index (χ2v) is 13.3. The Morgan fingerprint density at radius 2 is 0.820 bits per heavy atom. The first-order chi connectivity index (χ1) is 24.1. The number of benzene rings is 6. The van der Waals surface area contributed by atoms with Crippen molar-refractivity contribution >= 4 is 21.5 Å². The van der Waals surface area contributed by atoms with Crippen molar-refractivity contribution in [2.24, 2.45) is 0 Å². The van der Waals surface area contributed by atoms with Crippen molar-refractivity contribution in [3.05, 3.63) is 131 Å². The summed E-state index contributed by atoms with van der Waals surface area (Å²) in [5.74, 6) is -0.0550. The van der Waals surface area contributed by atoms with Crippen molar-refractivity contribution in [2.45, 2.75) is 41.5 Å². The predicted octanol–water partition coefficient (Wildman–Crippen LogP) is 9.42. The molecule has 0 amide bonds. The largest absolute Gasteiger partial charge is 0.505 e. The first kappa shape index (κ1) is 31.0. The third-order valence-electron chi connectivity index (χ3n) is 9.60. The quantitative estimate of drug-likeness (QED) is 0.191. The zero-order valence-electron chi connectivity index (χ0n) is 28.8. The maximum atomic E-state index is 12.3. The van der Waals surface area contributed by atoms with Crippen molar-refractivity contribution in [2.75, 3.05) is 0 Å². The van der Waals surface area contributed by atoms with E-state index >= 15 is 0 Å². The fraction of sp³-hybridized carbons (Fsp3) is 0.143. The van der Waals surface area contributed by atoms with Gasteiger partial charge in [0.05, 0.1) is 12.4 Å². The maximum Gasteiger partial charge on any atom is 0.149 e. The Bertz CT molecular complexity index is 2420. The van der Waals surface area contributed by atoms with E-state index in [1.807, 2.05) is 73.1 Å². The van der Waals surface area contributed by atoms with Gasteiger partial charge in [0.25, 0.3) is 0 Å². The molecule has 2 N–H and O–H groups in total. The lowest BCUT2D eigenvalue weighted by Crippen LogP contribution is -2.00. The summed E-state index contributed by atoms with van der Waals surface area (Å²) >= 11 is 0. The fourth-order valence-corrected chi connectivity index (χ4v) is 7.66. The number of hydrogen-bond acceptors (Lipinski definition) is 6. The highest BCUT2D eigenvalue weighted by Crippen LogP contribution is 2.49. The molecular weight excluding hydrogens is 621 g/mol. The highest BCUT2D eigenvalue weighted by molar-refractivity contribution is 6.12. The first-order valence-corrected chi connectivity index (χ1v) is 16.6. The number of rotatable bonds is 5. The Morgan fingerprint density at radius 1 is 0.460 bits per heavy atom. The van der Waals surface area contributed by atoms with Crippen LogP contribution in [0.5, 0.6) is 11.5 Å². The third-order valence-corrected chi connectivity index (χ3v) is 9.60. The van der Waals surface area contributed by atoms with Crippen molar-refractivity contribution in [3.8, 4) is 56.5 Å². The Balaban J connectivity index is 1.35. The smallest absolute Gasteiger partial charge is 0.149 e. The summed E-state index contributed by atoms with van der Waals surface area (Å²) in [5.41, 5.74) is 12.1. The van der Waals surface area contributed by atoms with Crippen LogP contribution in [-0.4, -0.2) is 40.2 Å².